The van der Waals surface area contributed by atoms with Crippen molar-refractivity contribution in [2.75, 3.05) is 13.1 Å². The van der Waals surface area contributed by atoms with Gasteiger partial charge in [0.2, 0.25) is 5.91 Å². The van der Waals surface area contributed by atoms with Crippen molar-refractivity contribution in [1.29, 1.82) is 0 Å². The molecular formula is C14H27N3O. The standard InChI is InChI=1S/C14H27N3O/c1-5-13(3,4)16-12(18)10(2)17-8-14(15,9-17)11-6-7-11/h10-11H,5-9,15H2,1-4H3,(H,16,18). The molecule has 104 valence electrons. The minimum Gasteiger partial charge on any atom is -0.350 e. The largest absolute Gasteiger partial charge is 0.350 e. The zero-order valence-corrected chi connectivity index (χ0v) is 12.1. The van der Waals surface area contributed by atoms with E-state index in [9.17, 15) is 4.79 Å². The highest BCUT2D eigenvalue weighted by Crippen LogP contribution is 2.43. The molecule has 4 heteroatoms. The highest BCUT2D eigenvalue weighted by molar-refractivity contribution is 5.82. The lowest BCUT2D eigenvalue weighted by Crippen LogP contribution is -2.72. The van der Waals surface area contributed by atoms with Gasteiger partial charge in [0, 0.05) is 24.2 Å². The van der Waals surface area contributed by atoms with Gasteiger partial charge in [0.25, 0.3) is 0 Å². The summed E-state index contributed by atoms with van der Waals surface area (Å²) < 4.78 is 0. The van der Waals surface area contributed by atoms with Gasteiger partial charge in [-0.05, 0) is 46.0 Å². The first kappa shape index (κ1) is 13.8. The number of nitrogens with one attached hydrogen (secondary N) is 1. The van der Waals surface area contributed by atoms with Crippen LogP contribution >= 0.6 is 0 Å². The Morgan fingerprint density at radius 2 is 2.06 bits per heavy atom. The zero-order chi connectivity index (χ0) is 13.6. The van der Waals surface area contributed by atoms with Crippen molar-refractivity contribution in [3.8, 4) is 0 Å². The first-order chi connectivity index (χ1) is 8.27. The zero-order valence-electron chi connectivity index (χ0n) is 12.1. The fourth-order valence-electron chi connectivity index (χ4n) is 2.59. The Hall–Kier alpha value is -0.610. The van der Waals surface area contributed by atoms with E-state index in [-0.39, 0.29) is 23.0 Å². The van der Waals surface area contributed by atoms with Gasteiger partial charge in [-0.3, -0.25) is 9.69 Å². The summed E-state index contributed by atoms with van der Waals surface area (Å²) in [4.78, 5) is 14.3. The van der Waals surface area contributed by atoms with Crippen LogP contribution in [0.3, 0.4) is 0 Å². The minimum absolute atomic E-state index is 0.00514. The van der Waals surface area contributed by atoms with Gasteiger partial charge in [-0.1, -0.05) is 6.92 Å². The smallest absolute Gasteiger partial charge is 0.237 e. The van der Waals surface area contributed by atoms with Crippen molar-refractivity contribution in [3.63, 3.8) is 0 Å². The summed E-state index contributed by atoms with van der Waals surface area (Å²) in [6.07, 6.45) is 3.48. The highest BCUT2D eigenvalue weighted by Gasteiger charge is 2.52. The Morgan fingerprint density at radius 3 is 2.50 bits per heavy atom. The van der Waals surface area contributed by atoms with Crippen LogP contribution in [-0.2, 0) is 4.79 Å². The molecule has 2 aliphatic rings. The average Bonchev–Trinajstić information content (AvgIpc) is 3.07. The summed E-state index contributed by atoms with van der Waals surface area (Å²) in [6, 6.07) is -0.0637. The van der Waals surface area contributed by atoms with E-state index in [0.717, 1.165) is 19.5 Å². The second-order valence-electron chi connectivity index (χ2n) is 6.82. The van der Waals surface area contributed by atoms with Gasteiger partial charge in [0.15, 0.2) is 0 Å². The molecule has 1 aliphatic heterocycles. The number of hydrogen-bond acceptors (Lipinski definition) is 3. The quantitative estimate of drug-likeness (QED) is 0.771. The van der Waals surface area contributed by atoms with Crippen LogP contribution in [0.2, 0.25) is 0 Å². The van der Waals surface area contributed by atoms with E-state index in [1.165, 1.54) is 12.8 Å². The van der Waals surface area contributed by atoms with Crippen LogP contribution in [0, 0.1) is 5.92 Å². The predicted molar refractivity (Wildman–Crippen MR) is 73.2 cm³/mol. The summed E-state index contributed by atoms with van der Waals surface area (Å²) in [5.41, 5.74) is 6.19. The fraction of sp³-hybridized carbons (Fsp3) is 0.929. The first-order valence-corrected chi connectivity index (χ1v) is 7.12. The maximum absolute atomic E-state index is 12.2. The van der Waals surface area contributed by atoms with Gasteiger partial charge >= 0.3 is 0 Å². The minimum atomic E-state index is -0.119. The average molecular weight is 253 g/mol. The number of rotatable bonds is 5. The SMILES string of the molecule is CCC(C)(C)NC(=O)C(C)N1CC(N)(C2CC2)C1. The molecule has 0 aromatic rings. The second-order valence-corrected chi connectivity index (χ2v) is 6.82. The normalized spacial score (nSPS) is 25.4. The van der Waals surface area contributed by atoms with Crippen LogP contribution in [0.1, 0.15) is 47.0 Å². The summed E-state index contributed by atoms with van der Waals surface area (Å²) in [5, 5.41) is 3.11. The number of carbonyl (C=O) groups is 1. The van der Waals surface area contributed by atoms with Crippen LogP contribution in [0.4, 0.5) is 0 Å². The van der Waals surface area contributed by atoms with Gasteiger partial charge in [-0.2, -0.15) is 0 Å². The van der Waals surface area contributed by atoms with Crippen molar-refractivity contribution in [1.82, 2.24) is 10.2 Å². The molecule has 0 aromatic heterocycles. The van der Waals surface area contributed by atoms with Crippen LogP contribution in [0.25, 0.3) is 0 Å². The van der Waals surface area contributed by atoms with Gasteiger partial charge in [-0.15, -0.1) is 0 Å². The first-order valence-electron chi connectivity index (χ1n) is 7.12. The maximum atomic E-state index is 12.2. The number of carbonyl (C=O) groups excluding carboxylic acids is 1. The number of nitrogens with two attached hydrogens (primary N) is 1. The molecule has 1 aliphatic carbocycles. The van der Waals surface area contributed by atoms with E-state index in [1.807, 2.05) is 6.92 Å². The van der Waals surface area contributed by atoms with Crippen molar-refractivity contribution < 1.29 is 4.79 Å². The lowest BCUT2D eigenvalue weighted by atomic mass is 9.84. The van der Waals surface area contributed by atoms with E-state index in [1.54, 1.807) is 0 Å². The third-order valence-electron chi connectivity index (χ3n) is 4.66. The third-order valence-corrected chi connectivity index (χ3v) is 4.66. The van der Waals surface area contributed by atoms with E-state index >= 15 is 0 Å². The van der Waals surface area contributed by atoms with E-state index in [2.05, 4.69) is 31.0 Å². The Kier molecular flexibility index (Phi) is 3.45. The predicted octanol–water partition coefficient (Wildman–Crippen LogP) is 1.10. The van der Waals surface area contributed by atoms with Crippen LogP contribution in [0.5, 0.6) is 0 Å². The Bertz CT molecular complexity index is 330. The Balaban J connectivity index is 1.82. The van der Waals surface area contributed by atoms with Crippen molar-refractivity contribution in [2.24, 2.45) is 11.7 Å². The summed E-state index contributed by atoms with van der Waals surface area (Å²) >= 11 is 0. The molecular weight excluding hydrogens is 226 g/mol. The van der Waals surface area contributed by atoms with Crippen LogP contribution in [-0.4, -0.2) is 41.0 Å². The van der Waals surface area contributed by atoms with Gasteiger partial charge < -0.3 is 11.1 Å². The van der Waals surface area contributed by atoms with Gasteiger partial charge in [-0.25, -0.2) is 0 Å². The third kappa shape index (κ3) is 2.69. The molecule has 1 heterocycles. The molecule has 1 unspecified atom stereocenters. The summed E-state index contributed by atoms with van der Waals surface area (Å²) in [5.74, 6) is 0.829. The lowest BCUT2D eigenvalue weighted by molar-refractivity contribution is -0.131. The van der Waals surface area contributed by atoms with Crippen LogP contribution < -0.4 is 11.1 Å². The number of hydrogen-bond donors (Lipinski definition) is 2. The fourth-order valence-corrected chi connectivity index (χ4v) is 2.59. The van der Waals surface area contributed by atoms with E-state index < -0.39 is 0 Å². The molecule has 0 radical (unpaired) electrons. The summed E-state index contributed by atoms with van der Waals surface area (Å²) in [6.45, 7) is 9.94. The molecule has 0 aromatic carbocycles. The van der Waals surface area contributed by atoms with E-state index in [0.29, 0.717) is 5.92 Å². The molecule has 4 nitrogen and oxygen atoms in total. The second kappa shape index (κ2) is 4.49. The molecule has 2 fully saturated rings. The molecule has 0 bridgehead atoms. The number of nitrogens with zero attached hydrogens (tertiary/aromatic N) is 1. The van der Waals surface area contributed by atoms with Gasteiger partial charge in [0.1, 0.15) is 0 Å². The Labute approximate surface area is 110 Å². The van der Waals surface area contributed by atoms with Crippen molar-refractivity contribution in [3.05, 3.63) is 0 Å². The molecule has 1 saturated carbocycles. The number of likely N-dealkylation sites (tertiary alicyclic amines) is 1. The molecule has 2 rings (SSSR count). The molecule has 0 spiro atoms. The molecule has 1 atom stereocenters. The topological polar surface area (TPSA) is 58.4 Å². The van der Waals surface area contributed by atoms with Gasteiger partial charge in [0.05, 0.1) is 6.04 Å². The van der Waals surface area contributed by atoms with E-state index in [4.69, 9.17) is 5.73 Å². The maximum Gasteiger partial charge on any atom is 0.237 e. The number of amides is 1. The molecule has 18 heavy (non-hydrogen) atoms. The monoisotopic (exact) mass is 253 g/mol. The molecule has 1 saturated heterocycles. The van der Waals surface area contributed by atoms with Crippen molar-refractivity contribution in [2.45, 2.75) is 64.1 Å². The highest BCUT2D eigenvalue weighted by atomic mass is 16.2. The van der Waals surface area contributed by atoms with Crippen molar-refractivity contribution >= 4 is 5.91 Å². The molecule has 3 N–H and O–H groups in total. The molecule has 1 amide bonds. The Morgan fingerprint density at radius 1 is 1.50 bits per heavy atom. The summed E-state index contributed by atoms with van der Waals surface area (Å²) in [7, 11) is 0. The lowest BCUT2D eigenvalue weighted by Gasteiger charge is -2.50. The van der Waals surface area contributed by atoms with Crippen LogP contribution in [0.15, 0.2) is 0 Å².